The fourth-order valence-corrected chi connectivity index (χ4v) is 1.82. The number of nitrogens with two attached hydrogens (primary N) is 1. The first-order chi connectivity index (χ1) is 9.90. The van der Waals surface area contributed by atoms with Crippen LogP contribution in [0.15, 0.2) is 42.5 Å². The van der Waals surface area contributed by atoms with Crippen molar-refractivity contribution in [2.24, 2.45) is 0 Å². The van der Waals surface area contributed by atoms with Crippen molar-refractivity contribution in [3.8, 4) is 17.2 Å². The summed E-state index contributed by atoms with van der Waals surface area (Å²) >= 11 is 0. The van der Waals surface area contributed by atoms with Gasteiger partial charge in [-0.1, -0.05) is 12.1 Å². The highest BCUT2D eigenvalue weighted by Gasteiger charge is 2.34. The van der Waals surface area contributed by atoms with Crippen LogP contribution in [0, 0.1) is 0 Å². The van der Waals surface area contributed by atoms with Crippen LogP contribution >= 0.6 is 0 Å². The summed E-state index contributed by atoms with van der Waals surface area (Å²) in [5, 5.41) is 0. The number of rotatable bonds is 4. The normalized spacial score (nSPS) is 11.2. The fourth-order valence-electron chi connectivity index (χ4n) is 1.82. The Morgan fingerprint density at radius 3 is 2.38 bits per heavy atom. The van der Waals surface area contributed by atoms with E-state index in [9.17, 15) is 13.2 Å². The maximum atomic E-state index is 12.9. The lowest BCUT2D eigenvalue weighted by Gasteiger charge is -2.14. The lowest BCUT2D eigenvalue weighted by atomic mass is 10.2. The van der Waals surface area contributed by atoms with Gasteiger partial charge in [-0.15, -0.1) is 0 Å². The van der Waals surface area contributed by atoms with Gasteiger partial charge >= 0.3 is 6.18 Å². The van der Waals surface area contributed by atoms with Crippen molar-refractivity contribution in [1.82, 2.24) is 0 Å². The molecule has 2 rings (SSSR count). The number of hydrogen-bond acceptors (Lipinski definition) is 3. The van der Waals surface area contributed by atoms with Crippen LogP contribution in [0.1, 0.15) is 12.5 Å². The van der Waals surface area contributed by atoms with Gasteiger partial charge in [0.25, 0.3) is 0 Å². The molecule has 0 saturated heterocycles. The van der Waals surface area contributed by atoms with E-state index >= 15 is 0 Å². The van der Waals surface area contributed by atoms with Crippen molar-refractivity contribution in [1.29, 1.82) is 0 Å². The highest BCUT2D eigenvalue weighted by atomic mass is 19.4. The van der Waals surface area contributed by atoms with Crippen LogP contribution in [0.25, 0.3) is 0 Å². The molecular weight excluding hydrogens is 283 g/mol. The quantitative estimate of drug-likeness (QED) is 0.846. The average Bonchev–Trinajstić information content (AvgIpc) is 2.37. The Bertz CT molecular complexity index is 627. The Labute approximate surface area is 120 Å². The largest absolute Gasteiger partial charge is 0.494 e. The van der Waals surface area contributed by atoms with Crippen molar-refractivity contribution >= 4 is 5.69 Å². The predicted molar refractivity (Wildman–Crippen MR) is 73.5 cm³/mol. The maximum absolute atomic E-state index is 12.9. The van der Waals surface area contributed by atoms with E-state index in [-0.39, 0.29) is 11.5 Å². The zero-order chi connectivity index (χ0) is 15.5. The summed E-state index contributed by atoms with van der Waals surface area (Å²) in [7, 11) is 0. The number of para-hydroxylation sites is 1. The molecule has 0 unspecified atom stereocenters. The molecule has 0 fully saturated rings. The molecule has 21 heavy (non-hydrogen) atoms. The monoisotopic (exact) mass is 297 g/mol. The minimum atomic E-state index is -4.49. The van der Waals surface area contributed by atoms with Crippen LogP contribution in [-0.2, 0) is 6.18 Å². The van der Waals surface area contributed by atoms with Gasteiger partial charge in [-0.05, 0) is 19.1 Å². The van der Waals surface area contributed by atoms with E-state index in [4.69, 9.17) is 15.2 Å². The Balaban J connectivity index is 2.35. The first kappa shape index (κ1) is 15.0. The maximum Gasteiger partial charge on any atom is 0.419 e. The molecule has 0 heterocycles. The molecule has 6 heteroatoms. The van der Waals surface area contributed by atoms with Crippen LogP contribution in [0.5, 0.6) is 17.2 Å². The lowest BCUT2D eigenvalue weighted by Crippen LogP contribution is -2.06. The second-order valence-corrected chi connectivity index (χ2v) is 4.27. The van der Waals surface area contributed by atoms with Crippen LogP contribution in [0.3, 0.4) is 0 Å². The minimum Gasteiger partial charge on any atom is -0.494 e. The summed E-state index contributed by atoms with van der Waals surface area (Å²) in [5.74, 6) is 0.352. The molecular formula is C15H14F3NO2. The third kappa shape index (κ3) is 3.81. The van der Waals surface area contributed by atoms with Crippen LogP contribution < -0.4 is 15.2 Å². The summed E-state index contributed by atoms with van der Waals surface area (Å²) in [6.07, 6.45) is -4.49. The van der Waals surface area contributed by atoms with Crippen LogP contribution in [0.2, 0.25) is 0 Å². The molecule has 0 amide bonds. The van der Waals surface area contributed by atoms with Crippen molar-refractivity contribution in [2.45, 2.75) is 13.1 Å². The molecule has 0 aliphatic carbocycles. The van der Waals surface area contributed by atoms with E-state index in [1.165, 1.54) is 30.3 Å². The second-order valence-electron chi connectivity index (χ2n) is 4.27. The van der Waals surface area contributed by atoms with E-state index in [0.717, 1.165) is 6.07 Å². The fraction of sp³-hybridized carbons (Fsp3) is 0.200. The van der Waals surface area contributed by atoms with E-state index < -0.39 is 11.7 Å². The van der Waals surface area contributed by atoms with Gasteiger partial charge in [-0.25, -0.2) is 0 Å². The van der Waals surface area contributed by atoms with Crippen LogP contribution in [-0.4, -0.2) is 6.61 Å². The smallest absolute Gasteiger partial charge is 0.419 e. The van der Waals surface area contributed by atoms with E-state index in [0.29, 0.717) is 18.0 Å². The Morgan fingerprint density at radius 1 is 1.05 bits per heavy atom. The number of anilines is 1. The van der Waals surface area contributed by atoms with Gasteiger partial charge < -0.3 is 15.2 Å². The molecule has 112 valence electrons. The number of benzene rings is 2. The van der Waals surface area contributed by atoms with Gasteiger partial charge in [-0.2, -0.15) is 13.2 Å². The van der Waals surface area contributed by atoms with Crippen molar-refractivity contribution in [3.05, 3.63) is 48.0 Å². The molecule has 3 nitrogen and oxygen atoms in total. The zero-order valence-electron chi connectivity index (χ0n) is 11.3. The van der Waals surface area contributed by atoms with Gasteiger partial charge in [0.1, 0.15) is 17.2 Å². The topological polar surface area (TPSA) is 44.5 Å². The molecule has 0 aliphatic rings. The van der Waals surface area contributed by atoms with Gasteiger partial charge in [0.05, 0.1) is 12.2 Å². The average molecular weight is 297 g/mol. The summed E-state index contributed by atoms with van der Waals surface area (Å²) < 4.78 is 49.3. The minimum absolute atomic E-state index is 0.190. The zero-order valence-corrected chi connectivity index (χ0v) is 11.3. The molecule has 0 aromatic heterocycles. The summed E-state index contributed by atoms with van der Waals surface area (Å²) in [6, 6.07) is 9.51. The number of ether oxygens (including phenoxy) is 2. The Kier molecular flexibility index (Phi) is 4.26. The number of nitrogen functional groups attached to an aromatic ring is 1. The lowest BCUT2D eigenvalue weighted by molar-refractivity contribution is -0.138. The summed E-state index contributed by atoms with van der Waals surface area (Å²) in [5.41, 5.74) is 5.19. The van der Waals surface area contributed by atoms with Gasteiger partial charge in [-0.3, -0.25) is 0 Å². The number of alkyl halides is 3. The number of halogens is 3. The molecule has 0 radical (unpaired) electrons. The Morgan fingerprint density at radius 2 is 1.71 bits per heavy atom. The highest BCUT2D eigenvalue weighted by molar-refractivity contribution is 5.52. The molecule has 2 aromatic rings. The summed E-state index contributed by atoms with van der Waals surface area (Å²) in [4.78, 5) is 0. The molecule has 0 aliphatic heterocycles. The first-order valence-electron chi connectivity index (χ1n) is 6.27. The standard InChI is InChI=1S/C15H14F3NO2/c1-2-20-11-7-10(19)8-12(9-11)21-14-6-4-3-5-13(14)15(16,17)18/h3-9H,2,19H2,1H3. The van der Waals surface area contributed by atoms with Crippen molar-refractivity contribution < 1.29 is 22.6 Å². The molecule has 2 aromatic carbocycles. The SMILES string of the molecule is CCOc1cc(N)cc(Oc2ccccc2C(F)(F)F)c1. The third-order valence-corrected chi connectivity index (χ3v) is 2.63. The van der Waals surface area contributed by atoms with Crippen molar-refractivity contribution in [2.75, 3.05) is 12.3 Å². The molecule has 0 saturated carbocycles. The van der Waals surface area contributed by atoms with E-state index in [1.54, 1.807) is 13.0 Å². The molecule has 0 atom stereocenters. The summed E-state index contributed by atoms with van der Waals surface area (Å²) in [6.45, 7) is 2.21. The van der Waals surface area contributed by atoms with Crippen molar-refractivity contribution in [3.63, 3.8) is 0 Å². The van der Waals surface area contributed by atoms with Gasteiger partial charge in [0.2, 0.25) is 0 Å². The van der Waals surface area contributed by atoms with Gasteiger partial charge in [0, 0.05) is 23.9 Å². The molecule has 2 N–H and O–H groups in total. The number of hydrogen-bond donors (Lipinski definition) is 1. The second kappa shape index (κ2) is 5.95. The van der Waals surface area contributed by atoms with E-state index in [1.807, 2.05) is 0 Å². The van der Waals surface area contributed by atoms with E-state index in [2.05, 4.69) is 0 Å². The molecule has 0 bridgehead atoms. The predicted octanol–water partition coefficient (Wildman–Crippen LogP) is 4.48. The molecule has 0 spiro atoms. The third-order valence-electron chi connectivity index (χ3n) is 2.63. The first-order valence-corrected chi connectivity index (χ1v) is 6.27. The Hall–Kier alpha value is -2.37. The van der Waals surface area contributed by atoms with Crippen LogP contribution in [0.4, 0.5) is 18.9 Å². The highest BCUT2D eigenvalue weighted by Crippen LogP contribution is 2.38. The van der Waals surface area contributed by atoms with Gasteiger partial charge in [0.15, 0.2) is 0 Å².